The minimum Gasteiger partial charge on any atom is -0.248 e. The third kappa shape index (κ3) is 1.12. The minimum absolute atomic E-state index is 1.11. The zero-order valence-corrected chi connectivity index (χ0v) is 8.22. The standard InChI is InChI=1S/C13H13N/c1-2-4-12-10(3-1)5-6-13(12)11-7-8-14-9-11/h1-4,9H,5-8H2/p+1/b13-11+. The lowest BCUT2D eigenvalue weighted by molar-refractivity contribution is -0.442. The van der Waals surface area contributed by atoms with Crippen LogP contribution in [0.25, 0.3) is 5.57 Å². The van der Waals surface area contributed by atoms with Crippen LogP contribution in [0.5, 0.6) is 0 Å². The van der Waals surface area contributed by atoms with Gasteiger partial charge in [0.05, 0.1) is 0 Å². The molecule has 0 amide bonds. The van der Waals surface area contributed by atoms with Gasteiger partial charge in [0.15, 0.2) is 6.21 Å². The first kappa shape index (κ1) is 7.98. The molecule has 0 bridgehead atoms. The molecular formula is C13H14N+. The second-order valence-electron chi connectivity index (χ2n) is 4.01. The van der Waals surface area contributed by atoms with Gasteiger partial charge in [0.2, 0.25) is 0 Å². The Labute approximate surface area is 84.2 Å². The van der Waals surface area contributed by atoms with E-state index < -0.39 is 0 Å². The molecule has 1 heteroatoms. The molecule has 1 aliphatic heterocycles. The van der Waals surface area contributed by atoms with Crippen molar-refractivity contribution in [3.05, 3.63) is 41.0 Å². The second-order valence-corrected chi connectivity index (χ2v) is 4.01. The first-order valence-corrected chi connectivity index (χ1v) is 5.32. The van der Waals surface area contributed by atoms with Crippen molar-refractivity contribution in [2.24, 2.45) is 0 Å². The van der Waals surface area contributed by atoms with Crippen LogP contribution in [-0.2, 0) is 6.42 Å². The smallest absolute Gasteiger partial charge is 0.165 e. The summed E-state index contributed by atoms with van der Waals surface area (Å²) in [6.45, 7) is 1.11. The number of hydrogen-bond donors (Lipinski definition) is 1. The van der Waals surface area contributed by atoms with Crippen molar-refractivity contribution < 1.29 is 4.99 Å². The molecule has 1 aromatic carbocycles. The topological polar surface area (TPSA) is 14.0 Å². The third-order valence-corrected chi connectivity index (χ3v) is 3.19. The number of nitrogens with one attached hydrogen (secondary N) is 1. The Morgan fingerprint density at radius 2 is 1.93 bits per heavy atom. The molecule has 1 aromatic rings. The van der Waals surface area contributed by atoms with Gasteiger partial charge in [0, 0.05) is 12.0 Å². The Bertz CT molecular complexity index is 427. The summed E-state index contributed by atoms with van der Waals surface area (Å²) < 4.78 is 0. The van der Waals surface area contributed by atoms with Crippen LogP contribution in [0, 0.1) is 0 Å². The van der Waals surface area contributed by atoms with Gasteiger partial charge in [-0.2, -0.15) is 0 Å². The van der Waals surface area contributed by atoms with Gasteiger partial charge in [-0.25, -0.2) is 4.99 Å². The average Bonchev–Trinajstić information content (AvgIpc) is 2.85. The van der Waals surface area contributed by atoms with Crippen LogP contribution in [0.15, 0.2) is 29.8 Å². The van der Waals surface area contributed by atoms with Gasteiger partial charge in [-0.05, 0) is 29.5 Å². The molecule has 0 fully saturated rings. The maximum atomic E-state index is 3.30. The molecule has 0 atom stereocenters. The molecule has 3 rings (SSSR count). The fourth-order valence-corrected chi connectivity index (χ4v) is 2.47. The summed E-state index contributed by atoms with van der Waals surface area (Å²) in [6.07, 6.45) is 5.84. The highest BCUT2D eigenvalue weighted by molar-refractivity contribution is 5.91. The molecule has 0 aromatic heterocycles. The Morgan fingerprint density at radius 3 is 2.79 bits per heavy atom. The maximum Gasteiger partial charge on any atom is 0.165 e. The van der Waals surface area contributed by atoms with Crippen molar-refractivity contribution in [3.63, 3.8) is 0 Å². The van der Waals surface area contributed by atoms with E-state index in [0.29, 0.717) is 0 Å². The zero-order valence-electron chi connectivity index (χ0n) is 8.22. The van der Waals surface area contributed by atoms with E-state index in [1.54, 1.807) is 5.57 Å². The SMILES string of the molecule is C1=[NH+]CC/C1=C1/CCc2ccccc21. The monoisotopic (exact) mass is 184 g/mol. The lowest BCUT2D eigenvalue weighted by atomic mass is 10.0. The van der Waals surface area contributed by atoms with Crippen molar-refractivity contribution in [3.8, 4) is 0 Å². The van der Waals surface area contributed by atoms with E-state index in [9.17, 15) is 0 Å². The van der Waals surface area contributed by atoms with Gasteiger partial charge < -0.3 is 0 Å². The predicted molar refractivity (Wildman–Crippen MR) is 58.2 cm³/mol. The summed E-state index contributed by atoms with van der Waals surface area (Å²) >= 11 is 0. The normalized spacial score (nSPS) is 24.3. The summed E-state index contributed by atoms with van der Waals surface area (Å²) in [6, 6.07) is 8.80. The Hall–Kier alpha value is -1.37. The summed E-state index contributed by atoms with van der Waals surface area (Å²) in [4.78, 5) is 3.30. The van der Waals surface area contributed by atoms with E-state index in [-0.39, 0.29) is 0 Å². The lowest BCUT2D eigenvalue weighted by Crippen LogP contribution is -2.65. The summed E-state index contributed by atoms with van der Waals surface area (Å²) in [7, 11) is 0. The lowest BCUT2D eigenvalue weighted by Gasteiger charge is -2.01. The molecular weight excluding hydrogens is 170 g/mol. The molecule has 1 heterocycles. The van der Waals surface area contributed by atoms with Crippen LogP contribution >= 0.6 is 0 Å². The minimum atomic E-state index is 1.11. The summed E-state index contributed by atoms with van der Waals surface area (Å²) in [5, 5.41) is 0. The van der Waals surface area contributed by atoms with E-state index in [0.717, 1.165) is 6.54 Å². The highest BCUT2D eigenvalue weighted by Gasteiger charge is 2.21. The van der Waals surface area contributed by atoms with E-state index in [1.807, 2.05) is 0 Å². The quantitative estimate of drug-likeness (QED) is 0.617. The number of allylic oxidation sites excluding steroid dienone is 1. The average molecular weight is 184 g/mol. The maximum absolute atomic E-state index is 3.30. The van der Waals surface area contributed by atoms with Gasteiger partial charge in [-0.15, -0.1) is 0 Å². The molecule has 14 heavy (non-hydrogen) atoms. The molecule has 0 spiro atoms. The Morgan fingerprint density at radius 1 is 1.00 bits per heavy atom. The fourth-order valence-electron chi connectivity index (χ4n) is 2.47. The molecule has 0 saturated carbocycles. The molecule has 0 radical (unpaired) electrons. The van der Waals surface area contributed by atoms with Gasteiger partial charge in [-0.3, -0.25) is 0 Å². The first-order chi connectivity index (χ1) is 6.95. The molecule has 0 unspecified atom stereocenters. The van der Waals surface area contributed by atoms with E-state index in [1.165, 1.54) is 36.0 Å². The molecule has 0 saturated heterocycles. The number of benzene rings is 1. The Balaban J connectivity index is 2.14. The molecule has 1 N–H and O–H groups in total. The highest BCUT2D eigenvalue weighted by Crippen LogP contribution is 2.34. The van der Waals surface area contributed by atoms with Gasteiger partial charge in [0.1, 0.15) is 6.54 Å². The van der Waals surface area contributed by atoms with E-state index >= 15 is 0 Å². The number of aryl methyl sites for hydroxylation is 1. The highest BCUT2D eigenvalue weighted by atomic mass is 14.7. The first-order valence-electron chi connectivity index (χ1n) is 5.32. The van der Waals surface area contributed by atoms with Crippen molar-refractivity contribution >= 4 is 11.8 Å². The molecule has 1 nitrogen and oxygen atoms in total. The van der Waals surface area contributed by atoms with Crippen molar-refractivity contribution in [1.82, 2.24) is 0 Å². The van der Waals surface area contributed by atoms with Gasteiger partial charge >= 0.3 is 0 Å². The zero-order chi connectivity index (χ0) is 9.38. The van der Waals surface area contributed by atoms with Gasteiger partial charge in [0.25, 0.3) is 0 Å². The number of rotatable bonds is 0. The second kappa shape index (κ2) is 3.09. The molecule has 1 aliphatic carbocycles. The van der Waals surface area contributed by atoms with Crippen LogP contribution in [0.2, 0.25) is 0 Å². The fraction of sp³-hybridized carbons (Fsp3) is 0.308. The van der Waals surface area contributed by atoms with Crippen molar-refractivity contribution in [1.29, 1.82) is 0 Å². The van der Waals surface area contributed by atoms with Crippen LogP contribution in [0.1, 0.15) is 24.0 Å². The number of hydrogen-bond acceptors (Lipinski definition) is 0. The van der Waals surface area contributed by atoms with E-state index in [2.05, 4.69) is 35.5 Å². The van der Waals surface area contributed by atoms with Gasteiger partial charge in [-0.1, -0.05) is 24.3 Å². The van der Waals surface area contributed by atoms with E-state index in [4.69, 9.17) is 0 Å². The Kier molecular flexibility index (Phi) is 1.76. The number of fused-ring (bicyclic) bond motifs is 1. The third-order valence-electron chi connectivity index (χ3n) is 3.19. The molecule has 70 valence electrons. The predicted octanol–water partition coefficient (Wildman–Crippen LogP) is 0.941. The van der Waals surface area contributed by atoms with Crippen molar-refractivity contribution in [2.75, 3.05) is 6.54 Å². The largest absolute Gasteiger partial charge is 0.248 e. The molecule has 2 aliphatic rings. The summed E-state index contributed by atoms with van der Waals surface area (Å²) in [5.74, 6) is 0. The van der Waals surface area contributed by atoms with Crippen LogP contribution in [0.4, 0.5) is 0 Å². The van der Waals surface area contributed by atoms with Crippen LogP contribution < -0.4 is 4.99 Å². The van der Waals surface area contributed by atoms with Crippen LogP contribution in [-0.4, -0.2) is 12.8 Å². The summed E-state index contributed by atoms with van der Waals surface area (Å²) in [5.41, 5.74) is 6.11. The van der Waals surface area contributed by atoms with Crippen molar-refractivity contribution in [2.45, 2.75) is 19.3 Å². The van der Waals surface area contributed by atoms with Crippen LogP contribution in [0.3, 0.4) is 0 Å².